The van der Waals surface area contributed by atoms with E-state index in [0.717, 1.165) is 0 Å². The first-order valence-electron chi connectivity index (χ1n) is 9.23. The van der Waals surface area contributed by atoms with Gasteiger partial charge in [-0.05, 0) is 51.1 Å². The molecule has 7 heteroatoms. The van der Waals surface area contributed by atoms with Crippen LogP contribution >= 0.6 is 11.6 Å². The lowest BCUT2D eigenvalue weighted by molar-refractivity contribution is -0.132. The summed E-state index contributed by atoms with van der Waals surface area (Å²) in [4.78, 5) is 26.3. The van der Waals surface area contributed by atoms with Gasteiger partial charge in [0.25, 0.3) is 11.8 Å². The van der Waals surface area contributed by atoms with Crippen LogP contribution in [0, 0.1) is 0 Å². The highest BCUT2D eigenvalue weighted by molar-refractivity contribution is 6.32. The summed E-state index contributed by atoms with van der Waals surface area (Å²) in [6.45, 7) is 7.31. The van der Waals surface area contributed by atoms with Crippen LogP contribution in [0.3, 0.4) is 0 Å². The van der Waals surface area contributed by atoms with Crippen LogP contribution in [-0.2, 0) is 4.79 Å². The lowest BCUT2D eigenvalue weighted by Gasteiger charge is -2.19. The highest BCUT2D eigenvalue weighted by Crippen LogP contribution is 2.28. The lowest BCUT2D eigenvalue weighted by Crippen LogP contribution is -2.34. The molecular weight excluding hydrogens is 380 g/mol. The average molecular weight is 405 g/mol. The molecule has 0 heterocycles. The zero-order chi connectivity index (χ0) is 20.5. The second-order valence-corrected chi connectivity index (χ2v) is 6.29. The second-order valence-electron chi connectivity index (χ2n) is 5.88. The minimum Gasteiger partial charge on any atom is -0.493 e. The largest absolute Gasteiger partial charge is 0.493 e. The summed E-state index contributed by atoms with van der Waals surface area (Å²) in [5, 5.41) is 3.10. The van der Waals surface area contributed by atoms with Crippen molar-refractivity contribution >= 4 is 29.1 Å². The standard InChI is InChI=1S/C21H25ClN2O4/c1-4-24(5-2)20(25)14-28-19-12-11-15(13-17(19)22)23-21(26)16-9-7-8-10-18(16)27-6-3/h7-13H,4-6,14H2,1-3H3,(H,23,26). The van der Waals surface area contributed by atoms with Gasteiger partial charge in [0.1, 0.15) is 11.5 Å². The number of rotatable bonds is 9. The molecule has 150 valence electrons. The number of benzene rings is 2. The summed E-state index contributed by atoms with van der Waals surface area (Å²) in [5.41, 5.74) is 0.953. The molecule has 2 aromatic rings. The molecule has 0 saturated carbocycles. The van der Waals surface area contributed by atoms with E-state index < -0.39 is 0 Å². The van der Waals surface area contributed by atoms with Gasteiger partial charge >= 0.3 is 0 Å². The molecule has 0 fully saturated rings. The van der Waals surface area contributed by atoms with E-state index in [2.05, 4.69) is 5.32 Å². The first-order chi connectivity index (χ1) is 13.5. The maximum Gasteiger partial charge on any atom is 0.260 e. The third-order valence-electron chi connectivity index (χ3n) is 4.09. The molecule has 28 heavy (non-hydrogen) atoms. The number of para-hydroxylation sites is 1. The number of hydrogen-bond donors (Lipinski definition) is 1. The van der Waals surface area contributed by atoms with Gasteiger partial charge in [0.05, 0.1) is 17.2 Å². The van der Waals surface area contributed by atoms with Crippen molar-refractivity contribution in [2.75, 3.05) is 31.6 Å². The van der Waals surface area contributed by atoms with Gasteiger partial charge < -0.3 is 19.7 Å². The molecule has 0 bridgehead atoms. The third kappa shape index (κ3) is 5.63. The van der Waals surface area contributed by atoms with E-state index in [9.17, 15) is 9.59 Å². The van der Waals surface area contributed by atoms with Gasteiger partial charge in [0.2, 0.25) is 0 Å². The molecule has 0 aliphatic carbocycles. The summed E-state index contributed by atoms with van der Waals surface area (Å²) >= 11 is 6.24. The molecule has 2 rings (SSSR count). The van der Waals surface area contributed by atoms with Gasteiger partial charge in [0, 0.05) is 18.8 Å². The van der Waals surface area contributed by atoms with Crippen LogP contribution in [0.1, 0.15) is 31.1 Å². The number of nitrogens with one attached hydrogen (secondary N) is 1. The highest BCUT2D eigenvalue weighted by Gasteiger charge is 2.14. The fraction of sp³-hybridized carbons (Fsp3) is 0.333. The number of likely N-dealkylation sites (N-methyl/N-ethyl adjacent to an activating group) is 1. The van der Waals surface area contributed by atoms with E-state index in [4.69, 9.17) is 21.1 Å². The minimum atomic E-state index is -0.300. The number of hydrogen-bond acceptors (Lipinski definition) is 4. The molecule has 0 aromatic heterocycles. The predicted octanol–water partition coefficient (Wildman–Crippen LogP) is 4.24. The van der Waals surface area contributed by atoms with Gasteiger partial charge in [-0.15, -0.1) is 0 Å². The maximum atomic E-state index is 12.5. The first kappa shape index (κ1) is 21.6. The summed E-state index contributed by atoms with van der Waals surface area (Å²) < 4.78 is 11.0. The van der Waals surface area contributed by atoms with E-state index >= 15 is 0 Å². The number of anilines is 1. The molecule has 0 aliphatic heterocycles. The van der Waals surface area contributed by atoms with Crippen LogP contribution in [0.5, 0.6) is 11.5 Å². The molecule has 0 unspecified atom stereocenters. The van der Waals surface area contributed by atoms with Crippen LogP contribution in [0.15, 0.2) is 42.5 Å². The highest BCUT2D eigenvalue weighted by atomic mass is 35.5. The number of ether oxygens (including phenoxy) is 2. The number of amides is 2. The van der Waals surface area contributed by atoms with Gasteiger partial charge in [0.15, 0.2) is 6.61 Å². The quantitative estimate of drug-likeness (QED) is 0.678. The molecule has 2 amide bonds. The predicted molar refractivity (Wildman–Crippen MR) is 110 cm³/mol. The van der Waals surface area contributed by atoms with Crippen LogP contribution in [-0.4, -0.2) is 43.0 Å². The van der Waals surface area contributed by atoms with Crippen LogP contribution in [0.2, 0.25) is 5.02 Å². The van der Waals surface area contributed by atoms with Crippen molar-refractivity contribution in [3.8, 4) is 11.5 Å². The van der Waals surface area contributed by atoms with Gasteiger partial charge in [-0.2, -0.15) is 0 Å². The number of carbonyl (C=O) groups is 2. The van der Waals surface area contributed by atoms with E-state index in [-0.39, 0.29) is 18.4 Å². The van der Waals surface area contributed by atoms with Gasteiger partial charge in [-0.1, -0.05) is 23.7 Å². The lowest BCUT2D eigenvalue weighted by atomic mass is 10.2. The van der Waals surface area contributed by atoms with Gasteiger partial charge in [-0.25, -0.2) is 0 Å². The van der Waals surface area contributed by atoms with Crippen molar-refractivity contribution in [3.63, 3.8) is 0 Å². The minimum absolute atomic E-state index is 0.0885. The Hall–Kier alpha value is -2.73. The second kappa shape index (κ2) is 10.6. The molecule has 1 N–H and O–H groups in total. The summed E-state index contributed by atoms with van der Waals surface area (Å²) in [6.07, 6.45) is 0. The van der Waals surface area contributed by atoms with E-state index in [1.807, 2.05) is 26.8 Å². The molecular formula is C21H25ClN2O4. The van der Waals surface area contributed by atoms with Crippen molar-refractivity contribution in [2.24, 2.45) is 0 Å². The van der Waals surface area contributed by atoms with Crippen molar-refractivity contribution in [2.45, 2.75) is 20.8 Å². The fourth-order valence-corrected chi connectivity index (χ4v) is 2.87. The van der Waals surface area contributed by atoms with Crippen LogP contribution in [0.4, 0.5) is 5.69 Å². The molecule has 0 aliphatic rings. The molecule has 6 nitrogen and oxygen atoms in total. The Morgan fingerprint density at radius 1 is 1.00 bits per heavy atom. The number of halogens is 1. The molecule has 0 radical (unpaired) electrons. The Labute approximate surface area is 170 Å². The summed E-state index contributed by atoms with van der Waals surface area (Å²) in [6, 6.07) is 11.9. The Morgan fingerprint density at radius 2 is 1.71 bits per heavy atom. The first-order valence-corrected chi connectivity index (χ1v) is 9.61. The van der Waals surface area contributed by atoms with Crippen LogP contribution < -0.4 is 14.8 Å². The van der Waals surface area contributed by atoms with E-state index in [0.29, 0.717) is 47.5 Å². The van der Waals surface area contributed by atoms with Crippen molar-refractivity contribution < 1.29 is 19.1 Å². The monoisotopic (exact) mass is 404 g/mol. The Kier molecular flexibility index (Phi) is 8.14. The van der Waals surface area contributed by atoms with Crippen LogP contribution in [0.25, 0.3) is 0 Å². The molecule has 0 atom stereocenters. The number of carbonyl (C=O) groups excluding carboxylic acids is 2. The zero-order valence-electron chi connectivity index (χ0n) is 16.3. The van der Waals surface area contributed by atoms with E-state index in [1.165, 1.54) is 0 Å². The molecule has 0 spiro atoms. The fourth-order valence-electron chi connectivity index (χ4n) is 2.64. The molecule has 2 aromatic carbocycles. The Balaban J connectivity index is 2.04. The average Bonchev–Trinajstić information content (AvgIpc) is 2.69. The Bertz CT molecular complexity index is 822. The smallest absolute Gasteiger partial charge is 0.260 e. The van der Waals surface area contributed by atoms with Crippen molar-refractivity contribution in [3.05, 3.63) is 53.1 Å². The molecule has 0 saturated heterocycles. The zero-order valence-corrected chi connectivity index (χ0v) is 17.1. The van der Waals surface area contributed by atoms with Gasteiger partial charge in [-0.3, -0.25) is 9.59 Å². The van der Waals surface area contributed by atoms with E-state index in [1.54, 1.807) is 41.3 Å². The van der Waals surface area contributed by atoms with Crippen molar-refractivity contribution in [1.29, 1.82) is 0 Å². The SMILES string of the molecule is CCOc1ccccc1C(=O)Nc1ccc(OCC(=O)N(CC)CC)c(Cl)c1. The maximum absolute atomic E-state index is 12.5. The topological polar surface area (TPSA) is 67.9 Å². The summed E-state index contributed by atoms with van der Waals surface area (Å²) in [5.74, 6) is 0.495. The van der Waals surface area contributed by atoms with Crippen molar-refractivity contribution in [1.82, 2.24) is 4.90 Å². The Morgan fingerprint density at radius 3 is 2.36 bits per heavy atom. The normalized spacial score (nSPS) is 10.3. The number of nitrogens with zero attached hydrogens (tertiary/aromatic N) is 1. The summed E-state index contributed by atoms with van der Waals surface area (Å²) in [7, 11) is 0. The third-order valence-corrected chi connectivity index (χ3v) is 4.38.